The van der Waals surface area contributed by atoms with Gasteiger partial charge in [0.05, 0.1) is 6.54 Å². The van der Waals surface area contributed by atoms with Gasteiger partial charge in [-0.15, -0.1) is 0 Å². The van der Waals surface area contributed by atoms with Gasteiger partial charge in [-0.1, -0.05) is 30.3 Å². The molecule has 4 nitrogen and oxygen atoms in total. The number of hydrogen-bond donors (Lipinski definition) is 1. The number of nitrogens with zero attached hydrogens (tertiary/aromatic N) is 1. The quantitative estimate of drug-likeness (QED) is 0.851. The molecule has 0 spiro atoms. The fourth-order valence-electron chi connectivity index (χ4n) is 2.42. The summed E-state index contributed by atoms with van der Waals surface area (Å²) in [6.07, 6.45) is 2.66. The zero-order chi connectivity index (χ0) is 12.5. The number of rotatable bonds is 3. The molecule has 0 unspecified atom stereocenters. The van der Waals surface area contributed by atoms with Crippen LogP contribution >= 0.6 is 0 Å². The van der Waals surface area contributed by atoms with Gasteiger partial charge in [-0.2, -0.15) is 0 Å². The SMILES string of the molecule is O=C1CN(C2CC2)C(=O)[C@H](Cc2ccccc2)N1. The van der Waals surface area contributed by atoms with Gasteiger partial charge in [0.25, 0.3) is 0 Å². The zero-order valence-electron chi connectivity index (χ0n) is 10.1. The first-order chi connectivity index (χ1) is 8.74. The molecule has 1 aromatic rings. The summed E-state index contributed by atoms with van der Waals surface area (Å²) in [4.78, 5) is 25.7. The largest absolute Gasteiger partial charge is 0.342 e. The lowest BCUT2D eigenvalue weighted by Gasteiger charge is -2.32. The van der Waals surface area contributed by atoms with Gasteiger partial charge >= 0.3 is 0 Å². The van der Waals surface area contributed by atoms with E-state index in [9.17, 15) is 9.59 Å². The summed E-state index contributed by atoms with van der Waals surface area (Å²) in [6, 6.07) is 9.72. The molecule has 0 bridgehead atoms. The van der Waals surface area contributed by atoms with Crippen LogP contribution in [0.25, 0.3) is 0 Å². The predicted octanol–water partition coefficient (Wildman–Crippen LogP) is 0.718. The standard InChI is InChI=1S/C14H16N2O2/c17-13-9-16(11-6-7-11)14(18)12(15-13)8-10-4-2-1-3-5-10/h1-5,11-12H,6-9H2,(H,15,17)/t12-/m0/s1. The molecule has 4 heteroatoms. The Balaban J connectivity index is 1.74. The van der Waals surface area contributed by atoms with Gasteiger partial charge in [0.1, 0.15) is 6.04 Å². The molecule has 3 rings (SSSR count). The molecule has 0 aromatic heterocycles. The summed E-state index contributed by atoms with van der Waals surface area (Å²) >= 11 is 0. The first-order valence-corrected chi connectivity index (χ1v) is 6.38. The van der Waals surface area contributed by atoms with E-state index < -0.39 is 6.04 Å². The number of piperazine rings is 1. The van der Waals surface area contributed by atoms with E-state index in [4.69, 9.17) is 0 Å². The van der Waals surface area contributed by atoms with E-state index in [1.54, 1.807) is 4.90 Å². The van der Waals surface area contributed by atoms with Crippen molar-refractivity contribution < 1.29 is 9.59 Å². The zero-order valence-corrected chi connectivity index (χ0v) is 10.1. The first-order valence-electron chi connectivity index (χ1n) is 6.38. The van der Waals surface area contributed by atoms with Crippen molar-refractivity contribution in [1.82, 2.24) is 10.2 Å². The van der Waals surface area contributed by atoms with E-state index in [-0.39, 0.29) is 18.4 Å². The van der Waals surface area contributed by atoms with Crippen molar-refractivity contribution in [2.45, 2.75) is 31.3 Å². The monoisotopic (exact) mass is 244 g/mol. The van der Waals surface area contributed by atoms with Gasteiger partial charge in [-0.3, -0.25) is 9.59 Å². The Morgan fingerprint density at radius 2 is 1.89 bits per heavy atom. The summed E-state index contributed by atoms with van der Waals surface area (Å²) in [5.41, 5.74) is 1.08. The third-order valence-corrected chi connectivity index (χ3v) is 3.50. The molecule has 2 amide bonds. The predicted molar refractivity (Wildman–Crippen MR) is 66.8 cm³/mol. The number of carbonyl (C=O) groups excluding carboxylic acids is 2. The topological polar surface area (TPSA) is 49.4 Å². The fraction of sp³-hybridized carbons (Fsp3) is 0.429. The summed E-state index contributed by atoms with van der Waals surface area (Å²) in [5.74, 6) is 0.0309. The molecule has 1 aromatic carbocycles. The lowest BCUT2D eigenvalue weighted by atomic mass is 10.0. The van der Waals surface area contributed by atoms with Gasteiger partial charge in [0.2, 0.25) is 11.8 Å². The van der Waals surface area contributed by atoms with Crippen LogP contribution in [-0.4, -0.2) is 35.3 Å². The average molecular weight is 244 g/mol. The molecule has 2 fully saturated rings. The third-order valence-electron chi connectivity index (χ3n) is 3.50. The number of carbonyl (C=O) groups is 2. The lowest BCUT2D eigenvalue weighted by Crippen LogP contribution is -2.59. The molecule has 94 valence electrons. The van der Waals surface area contributed by atoms with Gasteiger partial charge < -0.3 is 10.2 Å². The molecule has 1 N–H and O–H groups in total. The Kier molecular flexibility index (Phi) is 2.78. The van der Waals surface area contributed by atoms with Crippen LogP contribution in [0, 0.1) is 0 Å². The van der Waals surface area contributed by atoms with Crippen molar-refractivity contribution >= 4 is 11.8 Å². The second-order valence-electron chi connectivity index (χ2n) is 5.01. The maximum Gasteiger partial charge on any atom is 0.246 e. The van der Waals surface area contributed by atoms with Crippen LogP contribution in [0.4, 0.5) is 0 Å². The van der Waals surface area contributed by atoms with Gasteiger partial charge in [0, 0.05) is 12.5 Å². The Hall–Kier alpha value is -1.84. The highest BCUT2D eigenvalue weighted by Gasteiger charge is 2.40. The molecule has 1 atom stereocenters. The van der Waals surface area contributed by atoms with Gasteiger partial charge in [-0.05, 0) is 18.4 Å². The van der Waals surface area contributed by atoms with Crippen LogP contribution in [0.2, 0.25) is 0 Å². The van der Waals surface area contributed by atoms with E-state index in [0.717, 1.165) is 18.4 Å². The summed E-state index contributed by atoms with van der Waals surface area (Å²) < 4.78 is 0. The minimum absolute atomic E-state index is 0.0394. The molecule has 1 aliphatic carbocycles. The maximum absolute atomic E-state index is 12.3. The maximum atomic E-state index is 12.3. The Labute approximate surface area is 106 Å². The summed E-state index contributed by atoms with van der Waals surface area (Å²) in [5, 5.41) is 2.80. The van der Waals surface area contributed by atoms with Crippen LogP contribution in [0.3, 0.4) is 0 Å². The fourth-order valence-corrected chi connectivity index (χ4v) is 2.42. The normalized spacial score (nSPS) is 24.0. The van der Waals surface area contributed by atoms with Crippen molar-refractivity contribution in [2.24, 2.45) is 0 Å². The van der Waals surface area contributed by atoms with Crippen molar-refractivity contribution in [3.63, 3.8) is 0 Å². The van der Waals surface area contributed by atoms with E-state index in [1.165, 1.54) is 0 Å². The van der Waals surface area contributed by atoms with Crippen molar-refractivity contribution in [3.8, 4) is 0 Å². The van der Waals surface area contributed by atoms with Gasteiger partial charge in [-0.25, -0.2) is 0 Å². The van der Waals surface area contributed by atoms with E-state index in [1.807, 2.05) is 30.3 Å². The summed E-state index contributed by atoms with van der Waals surface area (Å²) in [6.45, 7) is 0.231. The third kappa shape index (κ3) is 2.23. The minimum atomic E-state index is -0.394. The second kappa shape index (κ2) is 4.44. The second-order valence-corrected chi connectivity index (χ2v) is 5.01. The van der Waals surface area contributed by atoms with Crippen molar-refractivity contribution in [1.29, 1.82) is 0 Å². The molecule has 1 saturated carbocycles. The van der Waals surface area contributed by atoms with E-state index in [2.05, 4.69) is 5.32 Å². The van der Waals surface area contributed by atoms with Crippen LogP contribution in [0.1, 0.15) is 18.4 Å². The van der Waals surface area contributed by atoms with Crippen molar-refractivity contribution in [3.05, 3.63) is 35.9 Å². The Bertz CT molecular complexity index is 468. The molecule has 1 aliphatic heterocycles. The highest BCUT2D eigenvalue weighted by molar-refractivity contribution is 5.95. The Morgan fingerprint density at radius 3 is 2.56 bits per heavy atom. The highest BCUT2D eigenvalue weighted by atomic mass is 16.2. The van der Waals surface area contributed by atoms with E-state index >= 15 is 0 Å². The van der Waals surface area contributed by atoms with Gasteiger partial charge in [0.15, 0.2) is 0 Å². The average Bonchev–Trinajstić information content (AvgIpc) is 3.19. The molecular formula is C14H16N2O2. The molecular weight excluding hydrogens is 228 g/mol. The lowest BCUT2D eigenvalue weighted by molar-refractivity contribution is -0.144. The van der Waals surface area contributed by atoms with Crippen LogP contribution in [-0.2, 0) is 16.0 Å². The number of amides is 2. The molecule has 1 heterocycles. The minimum Gasteiger partial charge on any atom is -0.342 e. The number of nitrogens with one attached hydrogen (secondary N) is 1. The van der Waals surface area contributed by atoms with Crippen molar-refractivity contribution in [2.75, 3.05) is 6.54 Å². The molecule has 0 radical (unpaired) electrons. The first kappa shape index (κ1) is 11.3. The molecule has 2 aliphatic rings. The van der Waals surface area contributed by atoms with Crippen LogP contribution in [0.15, 0.2) is 30.3 Å². The highest BCUT2D eigenvalue weighted by Crippen LogP contribution is 2.28. The molecule has 18 heavy (non-hydrogen) atoms. The number of hydrogen-bond acceptors (Lipinski definition) is 2. The van der Waals surface area contributed by atoms with Crippen LogP contribution in [0.5, 0.6) is 0 Å². The van der Waals surface area contributed by atoms with E-state index in [0.29, 0.717) is 12.5 Å². The smallest absolute Gasteiger partial charge is 0.246 e. The number of benzene rings is 1. The van der Waals surface area contributed by atoms with Crippen LogP contribution < -0.4 is 5.32 Å². The summed E-state index contributed by atoms with van der Waals surface area (Å²) in [7, 11) is 0. The Morgan fingerprint density at radius 1 is 1.17 bits per heavy atom. The molecule has 1 saturated heterocycles.